The molecule has 0 spiro atoms. The number of aryl methyl sites for hydroxylation is 2. The second-order valence-corrected chi connectivity index (χ2v) is 6.92. The second-order valence-electron chi connectivity index (χ2n) is 6.92. The molecular weight excluding hydrogens is 416 g/mol. The molecule has 2 aromatic carbocycles. The zero-order valence-corrected chi connectivity index (χ0v) is 17.8. The molecule has 0 aliphatic heterocycles. The number of nitrogens with one attached hydrogen (secondary N) is 1. The van der Waals surface area contributed by atoms with E-state index in [-0.39, 0.29) is 30.3 Å². The first kappa shape index (κ1) is 22.5. The van der Waals surface area contributed by atoms with Gasteiger partial charge >= 0.3 is 5.97 Å². The van der Waals surface area contributed by atoms with Crippen LogP contribution < -0.4 is 10.1 Å². The third-order valence-corrected chi connectivity index (χ3v) is 4.62. The highest BCUT2D eigenvalue weighted by Crippen LogP contribution is 2.23. The molecule has 1 N–H and O–H groups in total. The Morgan fingerprint density at radius 3 is 2.47 bits per heavy atom. The maximum Gasteiger partial charge on any atom is 0.362 e. The molecule has 166 valence electrons. The molecule has 0 radical (unpaired) electrons. The van der Waals surface area contributed by atoms with Crippen LogP contribution in [0.1, 0.15) is 28.5 Å². The number of benzene rings is 2. The summed E-state index contributed by atoms with van der Waals surface area (Å²) in [6.07, 6.45) is 1.41. The van der Waals surface area contributed by atoms with Crippen molar-refractivity contribution >= 4 is 23.3 Å². The van der Waals surface area contributed by atoms with Crippen LogP contribution in [0.2, 0.25) is 0 Å². The van der Waals surface area contributed by atoms with Crippen LogP contribution >= 0.6 is 0 Å². The topological polar surface area (TPSA) is 126 Å². The van der Waals surface area contributed by atoms with Gasteiger partial charge in [-0.25, -0.2) is 9.48 Å². The molecule has 0 saturated carbocycles. The second kappa shape index (κ2) is 9.73. The highest BCUT2D eigenvalue weighted by Gasteiger charge is 2.21. The number of nitro groups is 1. The van der Waals surface area contributed by atoms with Crippen LogP contribution in [0.4, 0.5) is 11.4 Å². The average molecular weight is 438 g/mol. The number of hydrogen-bond acceptors (Lipinski definition) is 7. The predicted molar refractivity (Wildman–Crippen MR) is 116 cm³/mol. The van der Waals surface area contributed by atoms with E-state index in [1.165, 1.54) is 35.1 Å². The van der Waals surface area contributed by atoms with Crippen molar-refractivity contribution in [1.29, 1.82) is 0 Å². The Hall–Kier alpha value is -4.21. The van der Waals surface area contributed by atoms with Gasteiger partial charge < -0.3 is 14.8 Å². The number of anilines is 1. The zero-order valence-electron chi connectivity index (χ0n) is 17.8. The van der Waals surface area contributed by atoms with Gasteiger partial charge in [-0.3, -0.25) is 14.9 Å². The molecule has 0 aliphatic carbocycles. The highest BCUT2D eigenvalue weighted by molar-refractivity contribution is 5.93. The molecule has 1 heterocycles. The Labute approximate surface area is 183 Å². The Morgan fingerprint density at radius 2 is 1.84 bits per heavy atom. The van der Waals surface area contributed by atoms with Gasteiger partial charge in [-0.1, -0.05) is 6.07 Å². The quantitative estimate of drug-likeness (QED) is 0.324. The number of amides is 1. The number of hydrogen-bond donors (Lipinski definition) is 1. The van der Waals surface area contributed by atoms with Gasteiger partial charge in [0.2, 0.25) is 5.69 Å². The fraction of sp³-hybridized carbons (Fsp3) is 0.227. The van der Waals surface area contributed by atoms with Crippen molar-refractivity contribution in [3.8, 4) is 11.4 Å². The molecular formula is C22H22N4O6. The van der Waals surface area contributed by atoms with E-state index >= 15 is 0 Å². The summed E-state index contributed by atoms with van der Waals surface area (Å²) >= 11 is 0. The van der Waals surface area contributed by atoms with E-state index in [0.29, 0.717) is 11.4 Å². The third-order valence-electron chi connectivity index (χ3n) is 4.62. The van der Waals surface area contributed by atoms with E-state index in [2.05, 4.69) is 10.4 Å². The Kier molecular flexibility index (Phi) is 6.83. The number of esters is 1. The molecule has 0 aliphatic rings. The van der Waals surface area contributed by atoms with Crippen LogP contribution in [0, 0.1) is 24.0 Å². The van der Waals surface area contributed by atoms with Crippen LogP contribution in [0.3, 0.4) is 0 Å². The minimum absolute atomic E-state index is 0.0528. The molecule has 32 heavy (non-hydrogen) atoms. The van der Waals surface area contributed by atoms with Crippen molar-refractivity contribution in [2.75, 3.05) is 18.5 Å². The van der Waals surface area contributed by atoms with Crippen molar-refractivity contribution in [1.82, 2.24) is 9.78 Å². The minimum atomic E-state index is -0.710. The Bertz CT molecular complexity index is 1150. The van der Waals surface area contributed by atoms with E-state index in [9.17, 15) is 19.7 Å². The average Bonchev–Trinajstić information content (AvgIpc) is 3.19. The first-order valence-electron chi connectivity index (χ1n) is 9.80. The lowest BCUT2D eigenvalue weighted by molar-refractivity contribution is -0.384. The maximum absolute atomic E-state index is 12.3. The molecule has 10 heteroatoms. The van der Waals surface area contributed by atoms with E-state index in [0.717, 1.165) is 11.1 Å². The number of rotatable bonds is 8. The maximum atomic E-state index is 12.3. The van der Waals surface area contributed by atoms with Crippen LogP contribution in [0.5, 0.6) is 5.75 Å². The lowest BCUT2D eigenvalue weighted by Gasteiger charge is -2.09. The summed E-state index contributed by atoms with van der Waals surface area (Å²) in [5.41, 5.74) is 3.06. The summed E-state index contributed by atoms with van der Waals surface area (Å²) in [7, 11) is 0. The molecule has 0 bridgehead atoms. The standard InChI is InChI=1S/C22H22N4O6/c1-4-31-22(28)21-19(12-25(24-21)17-7-9-18(10-8-17)26(29)30)32-13-20(27)23-16-6-5-14(2)15(3)11-16/h5-12H,4,13H2,1-3H3,(H,23,27). The molecule has 1 amide bonds. The van der Waals surface area contributed by atoms with Crippen molar-refractivity contribution in [3.63, 3.8) is 0 Å². The van der Waals surface area contributed by atoms with E-state index < -0.39 is 16.8 Å². The minimum Gasteiger partial charge on any atom is -0.480 e. The fourth-order valence-corrected chi connectivity index (χ4v) is 2.82. The molecule has 10 nitrogen and oxygen atoms in total. The number of carbonyl (C=O) groups excluding carboxylic acids is 2. The van der Waals surface area contributed by atoms with Crippen LogP contribution in [-0.4, -0.2) is 39.8 Å². The fourth-order valence-electron chi connectivity index (χ4n) is 2.82. The van der Waals surface area contributed by atoms with Gasteiger partial charge in [-0.05, 0) is 56.2 Å². The number of aromatic nitrogens is 2. The summed E-state index contributed by atoms with van der Waals surface area (Å²) in [6.45, 7) is 5.35. The number of nitrogens with zero attached hydrogens (tertiary/aromatic N) is 3. The van der Waals surface area contributed by atoms with Gasteiger partial charge in [0, 0.05) is 17.8 Å². The van der Waals surface area contributed by atoms with Gasteiger partial charge in [0.05, 0.1) is 23.4 Å². The Morgan fingerprint density at radius 1 is 1.12 bits per heavy atom. The van der Waals surface area contributed by atoms with Gasteiger partial charge in [0.15, 0.2) is 12.4 Å². The van der Waals surface area contributed by atoms with Crippen LogP contribution in [0.15, 0.2) is 48.7 Å². The first-order chi connectivity index (χ1) is 15.3. The van der Waals surface area contributed by atoms with Gasteiger partial charge in [-0.2, -0.15) is 5.10 Å². The van der Waals surface area contributed by atoms with E-state index in [4.69, 9.17) is 9.47 Å². The normalized spacial score (nSPS) is 10.5. The van der Waals surface area contributed by atoms with Gasteiger partial charge in [-0.15, -0.1) is 0 Å². The van der Waals surface area contributed by atoms with Crippen LogP contribution in [-0.2, 0) is 9.53 Å². The summed E-state index contributed by atoms with van der Waals surface area (Å²) in [5, 5.41) is 17.8. The zero-order chi connectivity index (χ0) is 23.3. The molecule has 0 fully saturated rings. The van der Waals surface area contributed by atoms with Crippen molar-refractivity contribution in [2.24, 2.45) is 0 Å². The molecule has 3 rings (SSSR count). The largest absolute Gasteiger partial charge is 0.480 e. The summed E-state index contributed by atoms with van der Waals surface area (Å²) in [5.74, 6) is -1.07. The van der Waals surface area contributed by atoms with E-state index in [1.807, 2.05) is 26.0 Å². The molecule has 0 unspecified atom stereocenters. The van der Waals surface area contributed by atoms with E-state index in [1.54, 1.807) is 13.0 Å². The number of non-ortho nitro benzene ring substituents is 1. The molecule has 1 aromatic heterocycles. The first-order valence-corrected chi connectivity index (χ1v) is 9.80. The predicted octanol–water partition coefficient (Wildman–Crippen LogP) is 3.59. The lowest BCUT2D eigenvalue weighted by atomic mass is 10.1. The van der Waals surface area contributed by atoms with Crippen molar-refractivity contribution < 1.29 is 24.0 Å². The highest BCUT2D eigenvalue weighted by atomic mass is 16.6. The summed E-state index contributed by atoms with van der Waals surface area (Å²) in [6, 6.07) is 11.1. The summed E-state index contributed by atoms with van der Waals surface area (Å²) in [4.78, 5) is 34.9. The molecule has 0 saturated heterocycles. The van der Waals surface area contributed by atoms with Gasteiger partial charge in [0.25, 0.3) is 11.6 Å². The molecule has 0 atom stereocenters. The monoisotopic (exact) mass is 438 g/mol. The summed E-state index contributed by atoms with van der Waals surface area (Å²) < 4.78 is 11.9. The third kappa shape index (κ3) is 5.28. The number of nitro benzene ring substituents is 1. The smallest absolute Gasteiger partial charge is 0.362 e. The van der Waals surface area contributed by atoms with Crippen molar-refractivity contribution in [2.45, 2.75) is 20.8 Å². The number of ether oxygens (including phenoxy) is 2. The Balaban J connectivity index is 1.77. The molecule has 3 aromatic rings. The number of carbonyl (C=O) groups is 2. The van der Waals surface area contributed by atoms with Crippen molar-refractivity contribution in [3.05, 3.63) is 75.6 Å². The van der Waals surface area contributed by atoms with Gasteiger partial charge in [0.1, 0.15) is 0 Å². The lowest BCUT2D eigenvalue weighted by Crippen LogP contribution is -2.21. The van der Waals surface area contributed by atoms with Crippen LogP contribution in [0.25, 0.3) is 5.69 Å². The SMILES string of the molecule is CCOC(=O)c1nn(-c2ccc([N+](=O)[O-])cc2)cc1OCC(=O)Nc1ccc(C)c(C)c1.